The van der Waals surface area contributed by atoms with Crippen molar-refractivity contribution in [3.05, 3.63) is 38.3 Å². The molecule has 0 amide bonds. The average Bonchev–Trinajstić information content (AvgIpc) is 2.16. The van der Waals surface area contributed by atoms with Crippen LogP contribution in [0.15, 0.2) is 22.7 Å². The molecule has 0 aromatic heterocycles. The van der Waals surface area contributed by atoms with Gasteiger partial charge in [0.15, 0.2) is 0 Å². The quantitative estimate of drug-likeness (QED) is 0.684. The van der Waals surface area contributed by atoms with Gasteiger partial charge in [0.1, 0.15) is 0 Å². The van der Waals surface area contributed by atoms with Gasteiger partial charge in [0.2, 0.25) is 0 Å². The Kier molecular flexibility index (Phi) is 3.70. The predicted octanol–water partition coefficient (Wildman–Crippen LogP) is 2.62. The van der Waals surface area contributed by atoms with Crippen LogP contribution >= 0.6 is 15.9 Å². The number of nitro groups is 1. The van der Waals surface area contributed by atoms with Crippen molar-refractivity contribution in [1.29, 1.82) is 0 Å². The second-order valence-corrected chi connectivity index (χ2v) is 3.74. The Morgan fingerprint density at radius 2 is 2.07 bits per heavy atom. The summed E-state index contributed by atoms with van der Waals surface area (Å²) in [5.41, 5.74) is 4.58. The molecule has 0 saturated carbocycles. The van der Waals surface area contributed by atoms with Crippen LogP contribution in [0.2, 0.25) is 0 Å². The van der Waals surface area contributed by atoms with E-state index in [4.69, 9.17) is 5.73 Å². The van der Waals surface area contributed by atoms with Gasteiger partial charge in [-0.25, -0.2) is 8.78 Å². The van der Waals surface area contributed by atoms with Crippen molar-refractivity contribution < 1.29 is 13.7 Å². The van der Waals surface area contributed by atoms with E-state index in [9.17, 15) is 18.9 Å². The topological polar surface area (TPSA) is 69.2 Å². The lowest BCUT2D eigenvalue weighted by Crippen LogP contribution is -2.20. The van der Waals surface area contributed by atoms with Crippen molar-refractivity contribution in [3.63, 3.8) is 0 Å². The van der Waals surface area contributed by atoms with Gasteiger partial charge < -0.3 is 5.73 Å². The first kappa shape index (κ1) is 12.0. The molecule has 4 nitrogen and oxygen atoms in total. The van der Waals surface area contributed by atoms with E-state index >= 15 is 0 Å². The number of halogens is 3. The van der Waals surface area contributed by atoms with Gasteiger partial charge in [-0.1, -0.05) is 15.9 Å². The highest BCUT2D eigenvalue weighted by molar-refractivity contribution is 9.10. The van der Waals surface area contributed by atoms with Crippen LogP contribution < -0.4 is 5.73 Å². The molecule has 82 valence electrons. The van der Waals surface area contributed by atoms with Crippen LogP contribution in [0.3, 0.4) is 0 Å². The number of rotatable bonds is 3. The lowest BCUT2D eigenvalue weighted by molar-refractivity contribution is -0.386. The highest BCUT2D eigenvalue weighted by atomic mass is 79.9. The van der Waals surface area contributed by atoms with Gasteiger partial charge in [-0.2, -0.15) is 0 Å². The van der Waals surface area contributed by atoms with Crippen LogP contribution in [0.1, 0.15) is 11.6 Å². The Balaban J connectivity index is 3.22. The van der Waals surface area contributed by atoms with Crippen LogP contribution in [0.25, 0.3) is 0 Å². The number of hydrogen-bond donors (Lipinski definition) is 1. The van der Waals surface area contributed by atoms with Gasteiger partial charge in [0, 0.05) is 10.5 Å². The second-order valence-electron chi connectivity index (χ2n) is 2.82. The Morgan fingerprint density at radius 1 is 1.47 bits per heavy atom. The maximum atomic E-state index is 12.3. The molecule has 0 radical (unpaired) electrons. The van der Waals surface area contributed by atoms with Crippen LogP contribution in [0, 0.1) is 10.1 Å². The maximum absolute atomic E-state index is 12.3. The molecular formula is C8H7BrF2N2O2. The molecule has 0 aliphatic heterocycles. The van der Waals surface area contributed by atoms with Gasteiger partial charge in [-0.05, 0) is 12.1 Å². The van der Waals surface area contributed by atoms with E-state index in [0.29, 0.717) is 4.47 Å². The van der Waals surface area contributed by atoms with Gasteiger partial charge in [-0.15, -0.1) is 0 Å². The first-order valence-electron chi connectivity index (χ1n) is 3.91. The molecule has 2 N–H and O–H groups in total. The minimum atomic E-state index is -2.83. The molecule has 1 unspecified atom stereocenters. The third-order valence-electron chi connectivity index (χ3n) is 1.82. The maximum Gasteiger partial charge on any atom is 0.275 e. The molecule has 0 fully saturated rings. The average molecular weight is 281 g/mol. The number of alkyl halides is 2. The fraction of sp³-hybridized carbons (Fsp3) is 0.250. The van der Waals surface area contributed by atoms with E-state index in [2.05, 4.69) is 15.9 Å². The van der Waals surface area contributed by atoms with Crippen molar-refractivity contribution in [2.75, 3.05) is 0 Å². The van der Waals surface area contributed by atoms with Crippen LogP contribution in [0.5, 0.6) is 0 Å². The zero-order chi connectivity index (χ0) is 11.6. The van der Waals surface area contributed by atoms with Crippen LogP contribution in [-0.2, 0) is 0 Å². The van der Waals surface area contributed by atoms with Crippen molar-refractivity contribution in [1.82, 2.24) is 0 Å². The third kappa shape index (κ3) is 2.69. The summed E-state index contributed by atoms with van der Waals surface area (Å²) in [4.78, 5) is 9.85. The van der Waals surface area contributed by atoms with Crippen LogP contribution in [0.4, 0.5) is 14.5 Å². The highest BCUT2D eigenvalue weighted by Gasteiger charge is 2.25. The van der Waals surface area contributed by atoms with Gasteiger partial charge >= 0.3 is 0 Å². The summed E-state index contributed by atoms with van der Waals surface area (Å²) in [5.74, 6) is 0. The van der Waals surface area contributed by atoms with E-state index in [1.807, 2.05) is 0 Å². The predicted molar refractivity (Wildman–Crippen MR) is 53.7 cm³/mol. The van der Waals surface area contributed by atoms with Gasteiger partial charge in [-0.3, -0.25) is 10.1 Å². The fourth-order valence-electron chi connectivity index (χ4n) is 1.09. The summed E-state index contributed by atoms with van der Waals surface area (Å²) in [7, 11) is 0. The van der Waals surface area contributed by atoms with E-state index < -0.39 is 23.1 Å². The number of hydrogen-bond acceptors (Lipinski definition) is 3. The highest BCUT2D eigenvalue weighted by Crippen LogP contribution is 2.30. The Bertz CT molecular complexity index is 387. The summed E-state index contributed by atoms with van der Waals surface area (Å²) in [5, 5.41) is 10.6. The zero-order valence-electron chi connectivity index (χ0n) is 7.36. The van der Waals surface area contributed by atoms with Gasteiger partial charge in [0.05, 0.1) is 16.5 Å². The minimum absolute atomic E-state index is 0.168. The molecule has 0 aliphatic carbocycles. The number of nitrogens with zero attached hydrogens (tertiary/aromatic N) is 1. The lowest BCUT2D eigenvalue weighted by Gasteiger charge is -2.10. The van der Waals surface area contributed by atoms with Gasteiger partial charge in [0.25, 0.3) is 12.1 Å². The first-order chi connectivity index (χ1) is 6.93. The Labute approximate surface area is 92.4 Å². The molecule has 7 heteroatoms. The van der Waals surface area contributed by atoms with Crippen molar-refractivity contribution in [2.24, 2.45) is 5.73 Å². The molecule has 1 aromatic carbocycles. The van der Waals surface area contributed by atoms with E-state index in [1.165, 1.54) is 12.1 Å². The molecule has 15 heavy (non-hydrogen) atoms. The number of benzene rings is 1. The van der Waals surface area contributed by atoms with E-state index in [-0.39, 0.29) is 5.56 Å². The summed E-state index contributed by atoms with van der Waals surface area (Å²) in [6.07, 6.45) is -2.83. The SMILES string of the molecule is NC(c1ccc(Br)cc1[N+](=O)[O-])C(F)F. The normalized spacial score (nSPS) is 12.9. The summed E-state index contributed by atoms with van der Waals surface area (Å²) in [6, 6.07) is 2.17. The minimum Gasteiger partial charge on any atom is -0.319 e. The molecule has 0 aliphatic rings. The summed E-state index contributed by atoms with van der Waals surface area (Å²) in [6.45, 7) is 0. The van der Waals surface area contributed by atoms with E-state index in [1.54, 1.807) is 0 Å². The van der Waals surface area contributed by atoms with Crippen molar-refractivity contribution in [3.8, 4) is 0 Å². The lowest BCUT2D eigenvalue weighted by atomic mass is 10.1. The molecular weight excluding hydrogens is 274 g/mol. The third-order valence-corrected chi connectivity index (χ3v) is 2.31. The Morgan fingerprint density at radius 3 is 2.53 bits per heavy atom. The largest absolute Gasteiger partial charge is 0.319 e. The number of nitro benzene ring substituents is 1. The first-order valence-corrected chi connectivity index (χ1v) is 4.70. The standard InChI is InChI=1S/C8H7BrF2N2O2/c9-4-1-2-5(7(12)8(10)11)6(3-4)13(14)15/h1-3,7-8H,12H2. The summed E-state index contributed by atoms with van der Waals surface area (Å²) < 4.78 is 25.0. The molecule has 1 atom stereocenters. The smallest absolute Gasteiger partial charge is 0.275 e. The van der Waals surface area contributed by atoms with E-state index in [0.717, 1.165) is 6.07 Å². The number of nitrogens with two attached hydrogens (primary N) is 1. The molecule has 1 rings (SSSR count). The summed E-state index contributed by atoms with van der Waals surface area (Å²) >= 11 is 3.02. The van der Waals surface area contributed by atoms with Crippen LogP contribution in [-0.4, -0.2) is 11.3 Å². The molecule has 0 bridgehead atoms. The fourth-order valence-corrected chi connectivity index (χ4v) is 1.44. The second kappa shape index (κ2) is 4.63. The Hall–Kier alpha value is -1.08. The monoisotopic (exact) mass is 280 g/mol. The molecule has 0 heterocycles. The molecule has 0 spiro atoms. The molecule has 0 saturated heterocycles. The van der Waals surface area contributed by atoms with Crippen molar-refractivity contribution in [2.45, 2.75) is 12.5 Å². The molecule has 1 aromatic rings. The van der Waals surface area contributed by atoms with Crippen molar-refractivity contribution >= 4 is 21.6 Å². The zero-order valence-corrected chi connectivity index (χ0v) is 8.95.